The van der Waals surface area contributed by atoms with E-state index in [0.29, 0.717) is 18.0 Å². The van der Waals surface area contributed by atoms with Crippen molar-refractivity contribution in [1.82, 2.24) is 10.3 Å². The third-order valence-electron chi connectivity index (χ3n) is 3.90. The number of hydrogen-bond acceptors (Lipinski definition) is 5. The van der Waals surface area contributed by atoms with Crippen molar-refractivity contribution >= 4 is 23.3 Å². The number of carbonyl (C=O) groups excluding carboxylic acids is 1. The molecule has 27 heavy (non-hydrogen) atoms. The van der Waals surface area contributed by atoms with E-state index in [-0.39, 0.29) is 5.91 Å². The van der Waals surface area contributed by atoms with Crippen LogP contribution in [0.15, 0.2) is 60.2 Å². The second-order valence-electron chi connectivity index (χ2n) is 5.72. The number of ether oxygens (including phenoxy) is 2. The average molecular weight is 380 g/mol. The molecule has 5 nitrogen and oxygen atoms in total. The summed E-state index contributed by atoms with van der Waals surface area (Å²) in [4.78, 5) is 17.5. The topological polar surface area (TPSA) is 60.5 Å². The monoisotopic (exact) mass is 380 g/mol. The maximum absolute atomic E-state index is 12.1. The van der Waals surface area contributed by atoms with Crippen molar-refractivity contribution in [2.24, 2.45) is 0 Å². The molecule has 2 aromatic heterocycles. The van der Waals surface area contributed by atoms with Crippen molar-refractivity contribution in [2.45, 2.75) is 6.54 Å². The molecular formula is C21H20N2O3S. The van der Waals surface area contributed by atoms with Gasteiger partial charge in [0.05, 0.1) is 14.2 Å². The molecule has 0 spiro atoms. The van der Waals surface area contributed by atoms with E-state index in [2.05, 4.69) is 16.4 Å². The van der Waals surface area contributed by atoms with Gasteiger partial charge in [-0.2, -0.15) is 0 Å². The van der Waals surface area contributed by atoms with Crippen LogP contribution in [0.2, 0.25) is 0 Å². The number of methoxy groups -OCH3 is 2. The van der Waals surface area contributed by atoms with Crippen molar-refractivity contribution in [3.63, 3.8) is 0 Å². The summed E-state index contributed by atoms with van der Waals surface area (Å²) in [7, 11) is 3.17. The summed E-state index contributed by atoms with van der Waals surface area (Å²) in [6.45, 7) is 0.418. The summed E-state index contributed by atoms with van der Waals surface area (Å²) < 4.78 is 10.5. The molecule has 2 heterocycles. The normalized spacial score (nSPS) is 10.7. The van der Waals surface area contributed by atoms with Crippen LogP contribution in [-0.4, -0.2) is 25.1 Å². The Bertz CT molecular complexity index is 936. The van der Waals surface area contributed by atoms with Gasteiger partial charge < -0.3 is 14.8 Å². The van der Waals surface area contributed by atoms with Crippen molar-refractivity contribution in [2.75, 3.05) is 14.2 Å². The van der Waals surface area contributed by atoms with Crippen LogP contribution in [0.4, 0.5) is 0 Å². The zero-order valence-electron chi connectivity index (χ0n) is 15.1. The SMILES string of the molecule is COc1ccc(/C=C/C(=O)NCc2cncc(-c3cccs3)c2)cc1OC. The van der Waals surface area contributed by atoms with Crippen molar-refractivity contribution in [1.29, 1.82) is 0 Å². The van der Waals surface area contributed by atoms with Gasteiger partial charge >= 0.3 is 0 Å². The highest BCUT2D eigenvalue weighted by molar-refractivity contribution is 7.13. The Morgan fingerprint density at radius 3 is 2.74 bits per heavy atom. The van der Waals surface area contributed by atoms with Crippen molar-refractivity contribution < 1.29 is 14.3 Å². The van der Waals surface area contributed by atoms with Crippen LogP contribution in [0.25, 0.3) is 16.5 Å². The minimum absolute atomic E-state index is 0.175. The number of hydrogen-bond donors (Lipinski definition) is 1. The lowest BCUT2D eigenvalue weighted by Gasteiger charge is -2.07. The van der Waals surface area contributed by atoms with Gasteiger partial charge in [-0.1, -0.05) is 12.1 Å². The van der Waals surface area contributed by atoms with Crippen LogP contribution in [0.1, 0.15) is 11.1 Å². The largest absolute Gasteiger partial charge is 0.493 e. The molecule has 3 aromatic rings. The minimum atomic E-state index is -0.175. The van der Waals surface area contributed by atoms with Crippen LogP contribution in [0.3, 0.4) is 0 Å². The molecule has 1 amide bonds. The molecule has 0 aliphatic rings. The van der Waals surface area contributed by atoms with E-state index < -0.39 is 0 Å². The minimum Gasteiger partial charge on any atom is -0.493 e. The van der Waals surface area contributed by atoms with E-state index in [0.717, 1.165) is 21.6 Å². The summed E-state index contributed by atoms with van der Waals surface area (Å²) in [6.07, 6.45) is 6.82. The quantitative estimate of drug-likeness (QED) is 0.626. The van der Waals surface area contributed by atoms with E-state index >= 15 is 0 Å². The first-order valence-electron chi connectivity index (χ1n) is 8.35. The Labute approximate surface area is 162 Å². The fourth-order valence-corrected chi connectivity index (χ4v) is 3.25. The van der Waals surface area contributed by atoms with Crippen LogP contribution in [0.5, 0.6) is 11.5 Å². The number of pyridine rings is 1. The first-order chi connectivity index (χ1) is 13.2. The third kappa shape index (κ3) is 4.95. The Hall–Kier alpha value is -3.12. The molecule has 1 aromatic carbocycles. The van der Waals surface area contributed by atoms with Gasteiger partial charge in [0.25, 0.3) is 0 Å². The standard InChI is InChI=1S/C21H20N2O3S/c1-25-18-7-5-15(11-19(18)26-2)6-8-21(24)23-13-16-10-17(14-22-12-16)20-4-3-9-27-20/h3-12,14H,13H2,1-2H3,(H,23,24)/b8-6+. The first kappa shape index (κ1) is 18.7. The second-order valence-corrected chi connectivity index (χ2v) is 6.67. The van der Waals surface area contributed by atoms with Crippen LogP contribution < -0.4 is 14.8 Å². The molecule has 1 N–H and O–H groups in total. The molecule has 0 saturated carbocycles. The molecule has 0 saturated heterocycles. The molecule has 0 atom stereocenters. The van der Waals surface area contributed by atoms with Gasteiger partial charge in [0.1, 0.15) is 0 Å². The summed E-state index contributed by atoms with van der Waals surface area (Å²) in [5, 5.41) is 4.91. The van der Waals surface area contributed by atoms with E-state index in [4.69, 9.17) is 9.47 Å². The fourth-order valence-electron chi connectivity index (χ4n) is 2.54. The molecule has 0 unspecified atom stereocenters. The smallest absolute Gasteiger partial charge is 0.244 e. The number of carbonyl (C=O) groups is 1. The number of thiophene rings is 1. The van der Waals surface area contributed by atoms with E-state index in [1.165, 1.54) is 6.08 Å². The zero-order chi connectivity index (χ0) is 19.1. The molecule has 0 radical (unpaired) electrons. The summed E-state index contributed by atoms with van der Waals surface area (Å²) >= 11 is 1.66. The number of aromatic nitrogens is 1. The molecular weight excluding hydrogens is 360 g/mol. The molecule has 6 heteroatoms. The predicted octanol–water partition coefficient (Wildman–Crippen LogP) is 4.16. The number of rotatable bonds is 7. The zero-order valence-corrected chi connectivity index (χ0v) is 16.0. The Morgan fingerprint density at radius 2 is 2.00 bits per heavy atom. The van der Waals surface area contributed by atoms with Gasteiger partial charge in [0, 0.05) is 35.5 Å². The maximum atomic E-state index is 12.1. The molecule has 138 valence electrons. The third-order valence-corrected chi connectivity index (χ3v) is 4.82. The van der Waals surface area contributed by atoms with Crippen LogP contribution >= 0.6 is 11.3 Å². The first-order valence-corrected chi connectivity index (χ1v) is 9.23. The average Bonchev–Trinajstić information content (AvgIpc) is 3.25. The van der Waals surface area contributed by atoms with Gasteiger partial charge in [-0.15, -0.1) is 11.3 Å². The number of nitrogens with zero attached hydrogens (tertiary/aromatic N) is 1. The lowest BCUT2D eigenvalue weighted by Crippen LogP contribution is -2.20. The summed E-state index contributed by atoms with van der Waals surface area (Å²) in [6, 6.07) is 11.6. The molecule has 0 aliphatic heterocycles. The summed E-state index contributed by atoms with van der Waals surface area (Å²) in [5.41, 5.74) is 2.86. The maximum Gasteiger partial charge on any atom is 0.244 e. The number of nitrogens with one attached hydrogen (secondary N) is 1. The molecule has 0 bridgehead atoms. The lowest BCUT2D eigenvalue weighted by molar-refractivity contribution is -0.116. The second kappa shape index (κ2) is 9.00. The van der Waals surface area contributed by atoms with E-state index in [1.807, 2.05) is 35.8 Å². The van der Waals surface area contributed by atoms with Gasteiger partial charge in [0.15, 0.2) is 11.5 Å². The number of benzene rings is 1. The highest BCUT2D eigenvalue weighted by Crippen LogP contribution is 2.28. The molecule has 0 aliphatic carbocycles. The Morgan fingerprint density at radius 1 is 1.15 bits per heavy atom. The highest BCUT2D eigenvalue weighted by Gasteiger charge is 2.04. The molecule has 0 fully saturated rings. The van der Waals surface area contributed by atoms with Crippen molar-refractivity contribution in [3.8, 4) is 21.9 Å². The van der Waals surface area contributed by atoms with Crippen LogP contribution in [0, 0.1) is 0 Å². The summed E-state index contributed by atoms with van der Waals surface area (Å²) in [5.74, 6) is 1.10. The fraction of sp³-hybridized carbons (Fsp3) is 0.143. The van der Waals surface area contributed by atoms with Gasteiger partial charge in [-0.05, 0) is 46.8 Å². The van der Waals surface area contributed by atoms with E-state index in [9.17, 15) is 4.79 Å². The van der Waals surface area contributed by atoms with Gasteiger partial charge in [-0.3, -0.25) is 9.78 Å². The molecule has 3 rings (SSSR count). The van der Waals surface area contributed by atoms with Crippen molar-refractivity contribution in [3.05, 3.63) is 71.4 Å². The Balaban J connectivity index is 1.60. The number of amides is 1. The highest BCUT2D eigenvalue weighted by atomic mass is 32.1. The predicted molar refractivity (Wildman–Crippen MR) is 108 cm³/mol. The van der Waals surface area contributed by atoms with Gasteiger partial charge in [-0.25, -0.2) is 0 Å². The Kier molecular flexibility index (Phi) is 6.22. The van der Waals surface area contributed by atoms with Crippen LogP contribution in [-0.2, 0) is 11.3 Å². The van der Waals surface area contributed by atoms with Gasteiger partial charge in [0.2, 0.25) is 5.91 Å². The van der Waals surface area contributed by atoms with E-state index in [1.54, 1.807) is 43.9 Å². The lowest BCUT2D eigenvalue weighted by atomic mass is 10.1.